The van der Waals surface area contributed by atoms with E-state index in [9.17, 15) is 14.9 Å². The van der Waals surface area contributed by atoms with Gasteiger partial charge < -0.3 is 9.64 Å². The number of rotatable bonds is 7. The largest absolute Gasteiger partial charge is 0.372 e. The molecule has 1 amide bonds. The normalized spacial score (nSPS) is 21.1. The van der Waals surface area contributed by atoms with Crippen LogP contribution in [0.4, 0.5) is 5.82 Å². The van der Waals surface area contributed by atoms with Crippen molar-refractivity contribution in [1.82, 2.24) is 9.47 Å². The Morgan fingerprint density at radius 2 is 1.84 bits per heavy atom. The van der Waals surface area contributed by atoms with E-state index in [0.29, 0.717) is 47.4 Å². The summed E-state index contributed by atoms with van der Waals surface area (Å²) >= 11 is 6.85. The number of carbonyl (C=O) groups is 1. The van der Waals surface area contributed by atoms with Gasteiger partial charge in [-0.3, -0.25) is 19.1 Å². The van der Waals surface area contributed by atoms with Gasteiger partial charge in [0.15, 0.2) is 0 Å². The van der Waals surface area contributed by atoms with E-state index in [1.54, 1.807) is 16.4 Å². The third kappa shape index (κ3) is 5.66. The molecular formula is C28H32N4O3S2. The number of nitrogens with zero attached hydrogens (tertiary/aromatic N) is 4. The SMILES string of the molecule is CCCn1c(N2CC(C)OC(C)C2)c(/C=C2/SC(=S)N(CCc3ccccc3)C2=O)c(C)c(C#N)c1=O. The van der Waals surface area contributed by atoms with Crippen LogP contribution in [0, 0.1) is 18.3 Å². The summed E-state index contributed by atoms with van der Waals surface area (Å²) in [5.74, 6) is 0.589. The molecule has 0 aliphatic carbocycles. The average molecular weight is 537 g/mol. The fourth-order valence-corrected chi connectivity index (χ4v) is 6.27. The van der Waals surface area contributed by atoms with Gasteiger partial charge in [-0.15, -0.1) is 0 Å². The summed E-state index contributed by atoms with van der Waals surface area (Å²) in [6, 6.07) is 12.1. The molecule has 7 nitrogen and oxygen atoms in total. The third-order valence-electron chi connectivity index (χ3n) is 6.63. The molecule has 2 aliphatic rings. The molecule has 37 heavy (non-hydrogen) atoms. The molecule has 9 heteroatoms. The second-order valence-corrected chi connectivity index (χ2v) is 11.2. The Morgan fingerprint density at radius 3 is 2.46 bits per heavy atom. The number of benzene rings is 1. The van der Waals surface area contributed by atoms with Gasteiger partial charge in [0, 0.05) is 31.7 Å². The van der Waals surface area contributed by atoms with Crippen LogP contribution in [-0.4, -0.2) is 51.5 Å². The van der Waals surface area contributed by atoms with Crippen molar-refractivity contribution in [3.8, 4) is 6.07 Å². The first-order chi connectivity index (χ1) is 17.7. The van der Waals surface area contributed by atoms with Gasteiger partial charge in [0.25, 0.3) is 11.5 Å². The maximum atomic E-state index is 13.5. The van der Waals surface area contributed by atoms with Gasteiger partial charge >= 0.3 is 0 Å². The van der Waals surface area contributed by atoms with Crippen molar-refractivity contribution < 1.29 is 9.53 Å². The average Bonchev–Trinajstić information content (AvgIpc) is 3.13. The number of anilines is 1. The Labute approximate surface area is 227 Å². The van der Waals surface area contributed by atoms with Gasteiger partial charge in [0.1, 0.15) is 21.8 Å². The number of morpholine rings is 1. The highest BCUT2D eigenvalue weighted by molar-refractivity contribution is 8.26. The summed E-state index contributed by atoms with van der Waals surface area (Å²) in [7, 11) is 0. The van der Waals surface area contributed by atoms with E-state index in [1.807, 2.05) is 57.2 Å². The number of pyridine rings is 1. The predicted octanol–water partition coefficient (Wildman–Crippen LogP) is 4.50. The summed E-state index contributed by atoms with van der Waals surface area (Å²) < 4.78 is 8.15. The lowest BCUT2D eigenvalue weighted by Crippen LogP contribution is -2.48. The van der Waals surface area contributed by atoms with E-state index in [4.69, 9.17) is 17.0 Å². The van der Waals surface area contributed by atoms with Crippen LogP contribution < -0.4 is 10.5 Å². The molecule has 1 aromatic heterocycles. The molecule has 2 fully saturated rings. The minimum Gasteiger partial charge on any atom is -0.372 e. The second kappa shape index (κ2) is 11.6. The molecule has 1 aromatic carbocycles. The maximum absolute atomic E-state index is 13.5. The zero-order valence-corrected chi connectivity index (χ0v) is 23.3. The Morgan fingerprint density at radius 1 is 1.16 bits per heavy atom. The van der Waals surface area contributed by atoms with Gasteiger partial charge in [-0.25, -0.2) is 0 Å². The highest BCUT2D eigenvalue weighted by Crippen LogP contribution is 2.36. The number of nitriles is 1. The topological polar surface area (TPSA) is 78.6 Å². The maximum Gasteiger partial charge on any atom is 0.270 e. The monoisotopic (exact) mass is 536 g/mol. The number of carbonyl (C=O) groups excluding carboxylic acids is 1. The van der Waals surface area contributed by atoms with Gasteiger partial charge in [0.2, 0.25) is 0 Å². The number of ether oxygens (including phenoxy) is 1. The number of hydrogen-bond acceptors (Lipinski definition) is 7. The lowest BCUT2D eigenvalue weighted by Gasteiger charge is -2.39. The Hall–Kier alpha value is -2.93. The number of aromatic nitrogens is 1. The van der Waals surface area contributed by atoms with Crippen LogP contribution in [0.2, 0.25) is 0 Å². The molecule has 2 aliphatic heterocycles. The Bertz CT molecular complexity index is 1320. The molecule has 0 radical (unpaired) electrons. The molecular weight excluding hydrogens is 504 g/mol. The van der Waals surface area contributed by atoms with Gasteiger partial charge in [-0.05, 0) is 50.8 Å². The highest BCUT2D eigenvalue weighted by atomic mass is 32.2. The first-order valence-electron chi connectivity index (χ1n) is 12.6. The lowest BCUT2D eigenvalue weighted by atomic mass is 10.0. The van der Waals surface area contributed by atoms with Crippen molar-refractivity contribution in [2.75, 3.05) is 24.5 Å². The predicted molar refractivity (Wildman–Crippen MR) is 153 cm³/mol. The number of amides is 1. The summed E-state index contributed by atoms with van der Waals surface area (Å²) in [6.07, 6.45) is 3.22. The van der Waals surface area contributed by atoms with Crippen molar-refractivity contribution in [2.45, 2.75) is 59.3 Å². The fraction of sp³-hybridized carbons (Fsp3) is 0.429. The molecule has 0 bridgehead atoms. The van der Waals surface area contributed by atoms with Crippen LogP contribution in [-0.2, 0) is 22.5 Å². The number of hydrogen-bond donors (Lipinski definition) is 0. The van der Waals surface area contributed by atoms with Gasteiger partial charge in [-0.2, -0.15) is 5.26 Å². The standard InChI is InChI=1S/C28H32N4O3S2/c1-5-12-31-25(30-16-18(2)35-19(3)17-30)22(20(4)23(15-29)26(31)33)14-24-27(34)32(28(36)37-24)13-11-21-9-7-6-8-10-21/h6-10,14,18-19H,5,11-13,16-17H2,1-4H3/b24-14+. The van der Waals surface area contributed by atoms with Gasteiger partial charge in [-0.1, -0.05) is 61.2 Å². The molecule has 2 unspecified atom stereocenters. The minimum absolute atomic E-state index is 0.0195. The van der Waals surface area contributed by atoms with E-state index in [2.05, 4.69) is 11.0 Å². The first kappa shape index (κ1) is 27.1. The quantitative estimate of drug-likeness (QED) is 0.381. The molecule has 0 saturated carbocycles. The van der Waals surface area contributed by atoms with Crippen LogP contribution in [0.25, 0.3) is 6.08 Å². The van der Waals surface area contributed by atoms with Crippen molar-refractivity contribution in [3.05, 3.63) is 67.8 Å². The molecule has 2 saturated heterocycles. The molecule has 2 atom stereocenters. The summed E-state index contributed by atoms with van der Waals surface area (Å²) in [6.45, 7) is 10.0. The molecule has 3 heterocycles. The number of thiocarbonyl (C=S) groups is 1. The molecule has 0 spiro atoms. The molecule has 0 N–H and O–H groups in total. The van der Waals surface area contributed by atoms with Crippen molar-refractivity contribution in [3.63, 3.8) is 0 Å². The zero-order chi connectivity index (χ0) is 26.7. The smallest absolute Gasteiger partial charge is 0.270 e. The van der Waals surface area contributed by atoms with E-state index >= 15 is 0 Å². The summed E-state index contributed by atoms with van der Waals surface area (Å²) in [5, 5.41) is 9.86. The highest BCUT2D eigenvalue weighted by Gasteiger charge is 2.34. The van der Waals surface area contributed by atoms with Gasteiger partial charge in [0.05, 0.1) is 17.1 Å². The van der Waals surface area contributed by atoms with E-state index in [1.165, 1.54) is 11.8 Å². The number of thioether (sulfide) groups is 1. The van der Waals surface area contributed by atoms with Crippen molar-refractivity contribution >= 4 is 46.1 Å². The molecule has 194 valence electrons. The lowest BCUT2D eigenvalue weighted by molar-refractivity contribution is -0.122. The van der Waals surface area contributed by atoms with Crippen LogP contribution in [0.1, 0.15) is 49.4 Å². The third-order valence-corrected chi connectivity index (χ3v) is 8.01. The second-order valence-electron chi connectivity index (χ2n) is 9.54. The van der Waals surface area contributed by atoms with Crippen LogP contribution in [0.15, 0.2) is 40.0 Å². The van der Waals surface area contributed by atoms with Crippen LogP contribution >= 0.6 is 24.0 Å². The van der Waals surface area contributed by atoms with E-state index in [0.717, 1.165) is 23.4 Å². The summed E-state index contributed by atoms with van der Waals surface area (Å²) in [4.78, 5) is 31.1. The Kier molecular flexibility index (Phi) is 8.53. The Balaban J connectivity index is 1.78. The fourth-order valence-electron chi connectivity index (χ4n) is 4.98. The zero-order valence-electron chi connectivity index (χ0n) is 21.7. The molecule has 4 rings (SSSR count). The van der Waals surface area contributed by atoms with Crippen LogP contribution in [0.5, 0.6) is 0 Å². The van der Waals surface area contributed by atoms with E-state index < -0.39 is 0 Å². The first-order valence-corrected chi connectivity index (χ1v) is 13.8. The van der Waals surface area contributed by atoms with Crippen molar-refractivity contribution in [1.29, 1.82) is 5.26 Å². The van der Waals surface area contributed by atoms with Crippen LogP contribution in [0.3, 0.4) is 0 Å². The molecule has 2 aromatic rings. The van der Waals surface area contributed by atoms with Crippen molar-refractivity contribution in [2.24, 2.45) is 0 Å². The van der Waals surface area contributed by atoms with E-state index in [-0.39, 0.29) is 29.2 Å². The minimum atomic E-state index is -0.295. The summed E-state index contributed by atoms with van der Waals surface area (Å²) in [5.41, 5.74) is 2.25.